The molecule has 1 N–H and O–H groups in total. The van der Waals surface area contributed by atoms with Crippen LogP contribution < -0.4 is 0 Å². The van der Waals surface area contributed by atoms with Gasteiger partial charge >= 0.3 is 0 Å². The number of halogens is 1. The van der Waals surface area contributed by atoms with E-state index in [0.717, 1.165) is 18.0 Å². The number of ether oxygens (including phenoxy) is 1. The maximum Gasteiger partial charge on any atom is 0.0701 e. The van der Waals surface area contributed by atoms with Gasteiger partial charge < -0.3 is 9.84 Å². The van der Waals surface area contributed by atoms with Crippen LogP contribution in [-0.2, 0) is 4.74 Å². The van der Waals surface area contributed by atoms with Gasteiger partial charge in [-0.05, 0) is 12.8 Å². The van der Waals surface area contributed by atoms with E-state index in [1.165, 1.54) is 0 Å². The largest absolute Gasteiger partial charge is 0.394 e. The van der Waals surface area contributed by atoms with E-state index in [4.69, 9.17) is 9.84 Å². The van der Waals surface area contributed by atoms with Crippen LogP contribution in [0, 0.1) is 0 Å². The van der Waals surface area contributed by atoms with Crippen molar-refractivity contribution in [2.24, 2.45) is 0 Å². The lowest BCUT2D eigenvalue weighted by Crippen LogP contribution is -2.32. The van der Waals surface area contributed by atoms with Crippen LogP contribution in [0.5, 0.6) is 0 Å². The lowest BCUT2D eigenvalue weighted by molar-refractivity contribution is -0.0625. The molecule has 0 aromatic carbocycles. The SMILES string of the molecule is OCCOC1CCN(F)CC1. The van der Waals surface area contributed by atoms with Gasteiger partial charge in [-0.15, -0.1) is 9.60 Å². The van der Waals surface area contributed by atoms with Crippen molar-refractivity contribution in [1.82, 2.24) is 5.12 Å². The molecule has 11 heavy (non-hydrogen) atoms. The highest BCUT2D eigenvalue weighted by Crippen LogP contribution is 2.12. The molecule has 0 unspecified atom stereocenters. The Bertz CT molecular complexity index is 102. The maximum absolute atomic E-state index is 12.4. The molecule has 1 rings (SSSR count). The van der Waals surface area contributed by atoms with Crippen LogP contribution >= 0.6 is 0 Å². The minimum atomic E-state index is 0.0514. The Morgan fingerprint density at radius 3 is 2.64 bits per heavy atom. The van der Waals surface area contributed by atoms with Gasteiger partial charge in [-0.1, -0.05) is 0 Å². The molecule has 0 aromatic heterocycles. The van der Waals surface area contributed by atoms with Crippen molar-refractivity contribution in [3.8, 4) is 0 Å². The van der Waals surface area contributed by atoms with Crippen molar-refractivity contribution in [3.05, 3.63) is 0 Å². The summed E-state index contributed by atoms with van der Waals surface area (Å²) in [5.41, 5.74) is 0. The molecule has 0 bridgehead atoms. The number of hydrogen-bond donors (Lipinski definition) is 1. The Morgan fingerprint density at radius 2 is 2.09 bits per heavy atom. The van der Waals surface area contributed by atoms with E-state index in [1.54, 1.807) is 0 Å². The molecule has 0 radical (unpaired) electrons. The molecule has 0 aromatic rings. The number of hydrogen-bond acceptors (Lipinski definition) is 3. The van der Waals surface area contributed by atoms with Crippen molar-refractivity contribution < 1.29 is 14.3 Å². The summed E-state index contributed by atoms with van der Waals surface area (Å²) in [5, 5.41) is 9.24. The van der Waals surface area contributed by atoms with Gasteiger partial charge in [0, 0.05) is 13.1 Å². The van der Waals surface area contributed by atoms with Crippen LogP contribution in [0.3, 0.4) is 0 Å². The fraction of sp³-hybridized carbons (Fsp3) is 1.00. The van der Waals surface area contributed by atoms with Gasteiger partial charge in [0.15, 0.2) is 0 Å². The highest BCUT2D eigenvalue weighted by atomic mass is 19.2. The molecule has 3 nitrogen and oxygen atoms in total. The summed E-state index contributed by atoms with van der Waals surface area (Å²) < 4.78 is 17.6. The van der Waals surface area contributed by atoms with E-state index in [2.05, 4.69) is 0 Å². The van der Waals surface area contributed by atoms with E-state index >= 15 is 0 Å². The van der Waals surface area contributed by atoms with E-state index in [1.807, 2.05) is 0 Å². The fourth-order valence-corrected chi connectivity index (χ4v) is 1.21. The Labute approximate surface area is 65.7 Å². The predicted octanol–water partition coefficient (Wildman–Crippen LogP) is 0.344. The lowest BCUT2D eigenvalue weighted by atomic mass is 10.1. The van der Waals surface area contributed by atoms with Gasteiger partial charge in [0.1, 0.15) is 0 Å². The molecule has 1 aliphatic heterocycles. The zero-order valence-electron chi connectivity index (χ0n) is 6.50. The second-order valence-electron chi connectivity index (χ2n) is 2.70. The Hall–Kier alpha value is -0.190. The van der Waals surface area contributed by atoms with Crippen molar-refractivity contribution in [1.29, 1.82) is 0 Å². The normalized spacial score (nSPS) is 22.4. The van der Waals surface area contributed by atoms with Gasteiger partial charge in [-0.2, -0.15) is 0 Å². The average molecular weight is 163 g/mol. The summed E-state index contributed by atoms with van der Waals surface area (Å²) in [5.74, 6) is 0. The summed E-state index contributed by atoms with van der Waals surface area (Å²) in [6, 6.07) is 0. The fourth-order valence-electron chi connectivity index (χ4n) is 1.21. The molecule has 1 saturated heterocycles. The lowest BCUT2D eigenvalue weighted by Gasteiger charge is -2.25. The summed E-state index contributed by atoms with van der Waals surface area (Å²) in [7, 11) is 0. The molecular formula is C7H14FNO2. The second-order valence-corrected chi connectivity index (χ2v) is 2.70. The van der Waals surface area contributed by atoms with Crippen LogP contribution in [0.15, 0.2) is 0 Å². The van der Waals surface area contributed by atoms with E-state index in [0.29, 0.717) is 19.7 Å². The first-order chi connectivity index (χ1) is 5.33. The minimum absolute atomic E-state index is 0.0514. The molecule has 0 saturated carbocycles. The summed E-state index contributed by atoms with van der Waals surface area (Å²) in [6.45, 7) is 1.33. The van der Waals surface area contributed by atoms with Gasteiger partial charge in [-0.3, -0.25) is 0 Å². The zero-order chi connectivity index (χ0) is 8.10. The standard InChI is InChI=1S/C7H14FNO2/c8-9-3-1-7(2-4-9)11-6-5-10/h7,10H,1-6H2. The zero-order valence-corrected chi connectivity index (χ0v) is 6.50. The quantitative estimate of drug-likeness (QED) is 0.609. The first-order valence-corrected chi connectivity index (χ1v) is 3.96. The Kier molecular flexibility index (Phi) is 3.76. The number of piperidine rings is 1. The predicted molar refractivity (Wildman–Crippen MR) is 38.7 cm³/mol. The molecule has 0 atom stereocenters. The highest BCUT2D eigenvalue weighted by Gasteiger charge is 2.18. The molecule has 1 aliphatic rings. The molecule has 1 heterocycles. The summed E-state index contributed by atoms with van der Waals surface area (Å²) >= 11 is 0. The van der Waals surface area contributed by atoms with Crippen molar-refractivity contribution >= 4 is 0 Å². The number of aliphatic hydroxyl groups is 1. The van der Waals surface area contributed by atoms with Gasteiger partial charge in [0.05, 0.1) is 19.3 Å². The van der Waals surface area contributed by atoms with Crippen molar-refractivity contribution in [2.75, 3.05) is 26.3 Å². The Morgan fingerprint density at radius 1 is 1.45 bits per heavy atom. The van der Waals surface area contributed by atoms with Crippen molar-refractivity contribution in [3.63, 3.8) is 0 Å². The molecule has 4 heteroatoms. The molecule has 0 spiro atoms. The monoisotopic (exact) mass is 163 g/mol. The topological polar surface area (TPSA) is 32.7 Å². The smallest absolute Gasteiger partial charge is 0.0701 e. The van der Waals surface area contributed by atoms with Gasteiger partial charge in [0.25, 0.3) is 0 Å². The van der Waals surface area contributed by atoms with E-state index < -0.39 is 0 Å². The highest BCUT2D eigenvalue weighted by molar-refractivity contribution is 4.67. The molecule has 0 amide bonds. The van der Waals surface area contributed by atoms with E-state index in [-0.39, 0.29) is 12.7 Å². The molecule has 1 fully saturated rings. The second kappa shape index (κ2) is 4.64. The first-order valence-electron chi connectivity index (χ1n) is 3.96. The first kappa shape index (κ1) is 8.90. The van der Waals surface area contributed by atoms with Crippen LogP contribution in [0.25, 0.3) is 0 Å². The summed E-state index contributed by atoms with van der Waals surface area (Å²) in [4.78, 5) is 0. The third kappa shape index (κ3) is 3.14. The number of nitrogens with zero attached hydrogens (tertiary/aromatic N) is 1. The van der Waals surface area contributed by atoms with Gasteiger partial charge in [-0.25, -0.2) is 0 Å². The Balaban J connectivity index is 2.07. The maximum atomic E-state index is 12.4. The van der Waals surface area contributed by atoms with E-state index in [9.17, 15) is 4.48 Å². The third-order valence-electron chi connectivity index (χ3n) is 1.83. The molecule has 66 valence electrons. The van der Waals surface area contributed by atoms with Crippen LogP contribution in [0.2, 0.25) is 0 Å². The number of aliphatic hydroxyl groups excluding tert-OH is 1. The molecular weight excluding hydrogens is 149 g/mol. The van der Waals surface area contributed by atoms with Crippen LogP contribution in [-0.4, -0.2) is 42.6 Å². The minimum Gasteiger partial charge on any atom is -0.394 e. The molecule has 0 aliphatic carbocycles. The summed E-state index contributed by atoms with van der Waals surface area (Å²) in [6.07, 6.45) is 1.61. The average Bonchev–Trinajstić information content (AvgIpc) is 2.04. The third-order valence-corrected chi connectivity index (χ3v) is 1.83. The van der Waals surface area contributed by atoms with Gasteiger partial charge in [0.2, 0.25) is 0 Å². The van der Waals surface area contributed by atoms with Crippen molar-refractivity contribution in [2.45, 2.75) is 18.9 Å². The van der Waals surface area contributed by atoms with Crippen LogP contribution in [0.1, 0.15) is 12.8 Å². The number of rotatable bonds is 3. The van der Waals surface area contributed by atoms with Crippen LogP contribution in [0.4, 0.5) is 4.48 Å².